The van der Waals surface area contributed by atoms with Crippen LogP contribution in [0.25, 0.3) is 22.0 Å². The van der Waals surface area contributed by atoms with Crippen LogP contribution in [0.5, 0.6) is 0 Å². The molecule has 136 valence electrons. The highest BCUT2D eigenvalue weighted by atomic mass is 32.2. The summed E-state index contributed by atoms with van der Waals surface area (Å²) < 4.78 is 25.2. The molecule has 0 saturated heterocycles. The van der Waals surface area contributed by atoms with Crippen LogP contribution >= 0.6 is 0 Å². The predicted octanol–water partition coefficient (Wildman–Crippen LogP) is 2.15. The van der Waals surface area contributed by atoms with Crippen LogP contribution in [0.4, 0.5) is 0 Å². The van der Waals surface area contributed by atoms with E-state index < -0.39 is 21.7 Å². The number of sulfone groups is 1. The van der Waals surface area contributed by atoms with Gasteiger partial charge in [0.2, 0.25) is 0 Å². The van der Waals surface area contributed by atoms with E-state index in [-0.39, 0.29) is 10.5 Å². The molecule has 0 unspecified atom stereocenters. The van der Waals surface area contributed by atoms with Crippen molar-refractivity contribution in [1.29, 1.82) is 0 Å². The SMILES string of the molecule is Cn1cc(C2=C(c3ccc(S(C)(=O)=O)cc3)C(=O)NC2=O)c2ccccc21. The van der Waals surface area contributed by atoms with Gasteiger partial charge >= 0.3 is 0 Å². The van der Waals surface area contributed by atoms with Crippen LogP contribution in [0.2, 0.25) is 0 Å². The van der Waals surface area contributed by atoms with E-state index in [4.69, 9.17) is 0 Å². The number of carbonyl (C=O) groups excluding carboxylic acids is 2. The number of imide groups is 1. The second-order valence-electron chi connectivity index (χ2n) is 6.50. The van der Waals surface area contributed by atoms with Crippen molar-refractivity contribution < 1.29 is 18.0 Å². The monoisotopic (exact) mass is 380 g/mol. The molecule has 1 aromatic heterocycles. The van der Waals surface area contributed by atoms with Crippen LogP contribution in [0.15, 0.2) is 59.6 Å². The second-order valence-corrected chi connectivity index (χ2v) is 8.52. The number of carbonyl (C=O) groups is 2. The number of hydrogen-bond acceptors (Lipinski definition) is 4. The van der Waals surface area contributed by atoms with Crippen LogP contribution in [0.3, 0.4) is 0 Å². The average Bonchev–Trinajstić information content (AvgIpc) is 3.10. The summed E-state index contributed by atoms with van der Waals surface area (Å²) in [7, 11) is -1.47. The molecule has 1 N–H and O–H groups in total. The molecule has 0 saturated carbocycles. The Labute approximate surface area is 156 Å². The lowest BCUT2D eigenvalue weighted by molar-refractivity contribution is -0.122. The van der Waals surface area contributed by atoms with E-state index in [0.717, 1.165) is 17.2 Å². The summed E-state index contributed by atoms with van der Waals surface area (Å²) in [6.45, 7) is 0. The Balaban J connectivity index is 1.96. The number of para-hydroxylation sites is 1. The Hall–Kier alpha value is -3.19. The van der Waals surface area contributed by atoms with E-state index in [1.165, 1.54) is 12.1 Å². The van der Waals surface area contributed by atoms with Gasteiger partial charge < -0.3 is 4.57 Å². The average molecular weight is 380 g/mol. The molecule has 0 radical (unpaired) electrons. The molecule has 1 aliphatic rings. The molecule has 2 aromatic carbocycles. The maximum absolute atomic E-state index is 12.6. The number of aromatic nitrogens is 1. The number of rotatable bonds is 3. The summed E-state index contributed by atoms with van der Waals surface area (Å²) in [5, 5.41) is 3.22. The van der Waals surface area contributed by atoms with Gasteiger partial charge in [-0.15, -0.1) is 0 Å². The predicted molar refractivity (Wildman–Crippen MR) is 102 cm³/mol. The minimum atomic E-state index is -3.35. The van der Waals surface area contributed by atoms with Crippen molar-refractivity contribution in [3.63, 3.8) is 0 Å². The number of nitrogens with one attached hydrogen (secondary N) is 1. The highest BCUT2D eigenvalue weighted by Crippen LogP contribution is 2.35. The van der Waals surface area contributed by atoms with Crippen molar-refractivity contribution in [1.82, 2.24) is 9.88 Å². The summed E-state index contributed by atoms with van der Waals surface area (Å²) in [6.07, 6.45) is 2.94. The molecule has 0 bridgehead atoms. The maximum atomic E-state index is 12.6. The van der Waals surface area contributed by atoms with Gasteiger partial charge in [-0.25, -0.2) is 8.42 Å². The van der Waals surface area contributed by atoms with Gasteiger partial charge in [0.25, 0.3) is 11.8 Å². The lowest BCUT2D eigenvalue weighted by Gasteiger charge is -2.05. The van der Waals surface area contributed by atoms with Gasteiger partial charge in [-0.3, -0.25) is 14.9 Å². The third kappa shape index (κ3) is 2.76. The molecule has 0 aliphatic carbocycles. The van der Waals surface area contributed by atoms with Gasteiger partial charge in [0, 0.05) is 36.0 Å². The molecule has 2 heterocycles. The Morgan fingerprint density at radius 2 is 1.52 bits per heavy atom. The zero-order valence-electron chi connectivity index (χ0n) is 14.7. The van der Waals surface area contributed by atoms with Gasteiger partial charge in [0.05, 0.1) is 16.0 Å². The molecule has 6 nitrogen and oxygen atoms in total. The van der Waals surface area contributed by atoms with E-state index in [0.29, 0.717) is 16.7 Å². The summed E-state index contributed by atoms with van der Waals surface area (Å²) in [6, 6.07) is 13.6. The number of amides is 2. The summed E-state index contributed by atoms with van der Waals surface area (Å²) in [5.41, 5.74) is 2.64. The van der Waals surface area contributed by atoms with E-state index in [2.05, 4.69) is 5.32 Å². The molecule has 0 spiro atoms. The van der Waals surface area contributed by atoms with Crippen LogP contribution in [0.1, 0.15) is 11.1 Å². The number of aryl methyl sites for hydroxylation is 1. The number of fused-ring (bicyclic) bond motifs is 1. The molecule has 4 rings (SSSR count). The number of nitrogens with zero attached hydrogens (tertiary/aromatic N) is 1. The summed E-state index contributed by atoms with van der Waals surface area (Å²) in [5.74, 6) is -0.950. The Kier molecular flexibility index (Phi) is 3.78. The minimum absolute atomic E-state index is 0.156. The molecule has 0 fully saturated rings. The largest absolute Gasteiger partial charge is 0.350 e. The highest BCUT2D eigenvalue weighted by Gasteiger charge is 2.33. The van der Waals surface area contributed by atoms with Crippen molar-refractivity contribution in [3.05, 3.63) is 65.9 Å². The zero-order valence-corrected chi connectivity index (χ0v) is 15.5. The van der Waals surface area contributed by atoms with E-state index in [1.807, 2.05) is 42.1 Å². The van der Waals surface area contributed by atoms with Gasteiger partial charge in [-0.05, 0) is 23.8 Å². The normalized spacial score (nSPS) is 14.9. The fourth-order valence-corrected chi connectivity index (χ4v) is 4.03. The number of hydrogen-bond donors (Lipinski definition) is 1. The first-order valence-corrected chi connectivity index (χ1v) is 10.1. The minimum Gasteiger partial charge on any atom is -0.350 e. The fraction of sp³-hybridized carbons (Fsp3) is 0.100. The molecular weight excluding hydrogens is 364 g/mol. The van der Waals surface area contributed by atoms with Crippen LogP contribution < -0.4 is 5.32 Å². The van der Waals surface area contributed by atoms with Crippen molar-refractivity contribution in [3.8, 4) is 0 Å². The third-order valence-corrected chi connectivity index (χ3v) is 5.80. The quantitative estimate of drug-likeness (QED) is 0.706. The van der Waals surface area contributed by atoms with Crippen molar-refractivity contribution >= 4 is 43.7 Å². The van der Waals surface area contributed by atoms with Gasteiger partial charge in [-0.2, -0.15) is 0 Å². The maximum Gasteiger partial charge on any atom is 0.259 e. The summed E-state index contributed by atoms with van der Waals surface area (Å²) >= 11 is 0. The van der Waals surface area contributed by atoms with E-state index in [9.17, 15) is 18.0 Å². The van der Waals surface area contributed by atoms with Crippen molar-refractivity contribution in [2.45, 2.75) is 4.90 Å². The topological polar surface area (TPSA) is 85.2 Å². The number of benzene rings is 2. The van der Waals surface area contributed by atoms with Crippen LogP contribution in [-0.4, -0.2) is 31.1 Å². The molecule has 1 aliphatic heterocycles. The second kappa shape index (κ2) is 5.92. The van der Waals surface area contributed by atoms with Crippen molar-refractivity contribution in [2.75, 3.05) is 6.26 Å². The zero-order chi connectivity index (χ0) is 19.3. The Morgan fingerprint density at radius 1 is 0.889 bits per heavy atom. The van der Waals surface area contributed by atoms with Gasteiger partial charge in [0.1, 0.15) is 0 Å². The lowest BCUT2D eigenvalue weighted by atomic mass is 9.96. The molecule has 0 atom stereocenters. The Bertz CT molecular complexity index is 1250. The standard InChI is InChI=1S/C20H16N2O4S/c1-22-11-15(14-5-3-4-6-16(14)22)18-17(19(23)21-20(18)24)12-7-9-13(10-8-12)27(2,25)26/h3-11H,1-2H3,(H,21,23,24). The smallest absolute Gasteiger partial charge is 0.259 e. The van der Waals surface area contributed by atoms with Crippen LogP contribution in [-0.2, 0) is 26.5 Å². The highest BCUT2D eigenvalue weighted by molar-refractivity contribution is 7.90. The summed E-state index contributed by atoms with van der Waals surface area (Å²) in [4.78, 5) is 25.2. The fourth-order valence-electron chi connectivity index (χ4n) is 3.40. The first-order valence-electron chi connectivity index (χ1n) is 8.22. The third-order valence-electron chi connectivity index (χ3n) is 4.67. The van der Waals surface area contributed by atoms with Crippen LogP contribution in [0, 0.1) is 0 Å². The molecular formula is C20H16N2O4S. The molecule has 2 amide bonds. The molecule has 27 heavy (non-hydrogen) atoms. The first kappa shape index (κ1) is 17.2. The molecule has 7 heteroatoms. The van der Waals surface area contributed by atoms with Gasteiger partial charge in [-0.1, -0.05) is 30.3 Å². The van der Waals surface area contributed by atoms with E-state index in [1.54, 1.807) is 12.1 Å². The Morgan fingerprint density at radius 3 is 2.19 bits per heavy atom. The lowest BCUT2D eigenvalue weighted by Crippen LogP contribution is -2.22. The molecule has 3 aromatic rings. The van der Waals surface area contributed by atoms with E-state index >= 15 is 0 Å². The first-order chi connectivity index (χ1) is 12.8. The van der Waals surface area contributed by atoms with Gasteiger partial charge in [0.15, 0.2) is 9.84 Å². The van der Waals surface area contributed by atoms with Crippen molar-refractivity contribution in [2.24, 2.45) is 7.05 Å².